The number of amides is 2. The molecule has 4 nitrogen and oxygen atoms in total. The Hall–Kier alpha value is -1.06. The van der Waals surface area contributed by atoms with Crippen molar-refractivity contribution in [2.24, 2.45) is 11.8 Å². The summed E-state index contributed by atoms with van der Waals surface area (Å²) in [6, 6.07) is -0.265. The molecule has 0 saturated carbocycles. The maximum absolute atomic E-state index is 11.9. The van der Waals surface area contributed by atoms with Gasteiger partial charge in [0.05, 0.1) is 6.54 Å². The molecule has 2 amide bonds. The van der Waals surface area contributed by atoms with E-state index in [0.717, 1.165) is 19.3 Å². The first-order chi connectivity index (χ1) is 8.41. The molecule has 104 valence electrons. The maximum atomic E-state index is 11.9. The molecule has 1 aliphatic heterocycles. The fourth-order valence-electron chi connectivity index (χ4n) is 2.33. The predicted octanol–water partition coefficient (Wildman–Crippen LogP) is 1.80. The zero-order valence-electron chi connectivity index (χ0n) is 12.0. The summed E-state index contributed by atoms with van der Waals surface area (Å²) in [6.07, 6.45) is 2.82. The first kappa shape index (κ1) is 15.0. The van der Waals surface area contributed by atoms with E-state index < -0.39 is 0 Å². The second-order valence-electron chi connectivity index (χ2n) is 5.99. The largest absolute Gasteiger partial charge is 0.345 e. The molecular weight excluding hydrogens is 228 g/mol. The molecule has 1 unspecified atom stereocenters. The predicted molar refractivity (Wildman–Crippen MR) is 72.0 cm³/mol. The molecule has 0 radical (unpaired) electrons. The molecule has 1 fully saturated rings. The summed E-state index contributed by atoms with van der Waals surface area (Å²) in [4.78, 5) is 25.6. The number of carbonyl (C=O) groups excluding carboxylic acids is 2. The SMILES string of the molecule is CC(C)CCCN1C(=O)CNC(=O)C1CC(C)C. The van der Waals surface area contributed by atoms with Crippen molar-refractivity contribution in [1.82, 2.24) is 10.2 Å². The fraction of sp³-hybridized carbons (Fsp3) is 0.857. The zero-order chi connectivity index (χ0) is 13.7. The van der Waals surface area contributed by atoms with E-state index in [0.29, 0.717) is 18.4 Å². The highest BCUT2D eigenvalue weighted by molar-refractivity contribution is 5.94. The topological polar surface area (TPSA) is 49.4 Å². The maximum Gasteiger partial charge on any atom is 0.243 e. The van der Waals surface area contributed by atoms with Crippen LogP contribution in [0.15, 0.2) is 0 Å². The lowest BCUT2D eigenvalue weighted by Crippen LogP contribution is -2.58. The second kappa shape index (κ2) is 6.76. The monoisotopic (exact) mass is 254 g/mol. The molecule has 1 aliphatic rings. The van der Waals surface area contributed by atoms with Crippen molar-refractivity contribution >= 4 is 11.8 Å². The van der Waals surface area contributed by atoms with E-state index >= 15 is 0 Å². The van der Waals surface area contributed by atoms with Gasteiger partial charge in [-0.2, -0.15) is 0 Å². The van der Waals surface area contributed by atoms with Gasteiger partial charge in [0.25, 0.3) is 0 Å². The van der Waals surface area contributed by atoms with Crippen LogP contribution in [0.2, 0.25) is 0 Å². The third-order valence-corrected chi connectivity index (χ3v) is 3.29. The number of rotatable bonds is 6. The third kappa shape index (κ3) is 4.31. The summed E-state index contributed by atoms with van der Waals surface area (Å²) < 4.78 is 0. The smallest absolute Gasteiger partial charge is 0.243 e. The van der Waals surface area contributed by atoms with Gasteiger partial charge in [-0.05, 0) is 31.1 Å². The average Bonchev–Trinajstić information content (AvgIpc) is 2.26. The van der Waals surface area contributed by atoms with E-state index in [2.05, 4.69) is 33.0 Å². The van der Waals surface area contributed by atoms with Crippen molar-refractivity contribution in [3.63, 3.8) is 0 Å². The molecule has 0 spiro atoms. The molecule has 0 bridgehead atoms. The van der Waals surface area contributed by atoms with Crippen molar-refractivity contribution in [2.45, 2.75) is 53.0 Å². The fourth-order valence-corrected chi connectivity index (χ4v) is 2.33. The quantitative estimate of drug-likeness (QED) is 0.785. The van der Waals surface area contributed by atoms with Crippen LogP contribution in [0.3, 0.4) is 0 Å². The van der Waals surface area contributed by atoms with Crippen LogP contribution in [-0.2, 0) is 9.59 Å². The van der Waals surface area contributed by atoms with Crippen LogP contribution in [0.1, 0.15) is 47.0 Å². The number of nitrogens with one attached hydrogen (secondary N) is 1. The molecule has 0 aromatic carbocycles. The van der Waals surface area contributed by atoms with Gasteiger partial charge in [0.2, 0.25) is 11.8 Å². The highest BCUT2D eigenvalue weighted by Gasteiger charge is 2.34. The minimum atomic E-state index is -0.265. The van der Waals surface area contributed by atoms with E-state index in [1.54, 1.807) is 4.90 Å². The third-order valence-electron chi connectivity index (χ3n) is 3.29. The molecule has 1 atom stereocenters. The van der Waals surface area contributed by atoms with Crippen molar-refractivity contribution in [1.29, 1.82) is 0 Å². The molecule has 0 aromatic heterocycles. The molecule has 1 rings (SSSR count). The van der Waals surface area contributed by atoms with Gasteiger partial charge in [-0.1, -0.05) is 27.7 Å². The van der Waals surface area contributed by atoms with E-state index in [1.165, 1.54) is 0 Å². The summed E-state index contributed by atoms with van der Waals surface area (Å²) in [7, 11) is 0. The van der Waals surface area contributed by atoms with Crippen molar-refractivity contribution < 1.29 is 9.59 Å². The molecule has 18 heavy (non-hydrogen) atoms. The van der Waals surface area contributed by atoms with Gasteiger partial charge in [0.1, 0.15) is 6.04 Å². The molecule has 1 heterocycles. The van der Waals surface area contributed by atoms with Gasteiger partial charge >= 0.3 is 0 Å². The lowest BCUT2D eigenvalue weighted by molar-refractivity contribution is -0.146. The molecule has 0 aromatic rings. The Kier molecular flexibility index (Phi) is 5.63. The Labute approximate surface area is 110 Å². The van der Waals surface area contributed by atoms with Crippen LogP contribution < -0.4 is 5.32 Å². The number of hydrogen-bond acceptors (Lipinski definition) is 2. The molecule has 1 saturated heterocycles. The number of hydrogen-bond donors (Lipinski definition) is 1. The lowest BCUT2D eigenvalue weighted by atomic mass is 9.99. The van der Waals surface area contributed by atoms with E-state index in [-0.39, 0.29) is 24.4 Å². The van der Waals surface area contributed by atoms with Crippen molar-refractivity contribution in [3.8, 4) is 0 Å². The van der Waals surface area contributed by atoms with Gasteiger partial charge in [0, 0.05) is 6.54 Å². The van der Waals surface area contributed by atoms with Crippen molar-refractivity contribution in [2.75, 3.05) is 13.1 Å². The van der Waals surface area contributed by atoms with Crippen LogP contribution >= 0.6 is 0 Å². The van der Waals surface area contributed by atoms with Gasteiger partial charge in [-0.3, -0.25) is 9.59 Å². The number of nitrogens with zero attached hydrogens (tertiary/aromatic N) is 1. The number of piperazine rings is 1. The zero-order valence-corrected chi connectivity index (χ0v) is 12.0. The number of carbonyl (C=O) groups is 2. The van der Waals surface area contributed by atoms with Crippen LogP contribution in [0.5, 0.6) is 0 Å². The summed E-state index contributed by atoms with van der Waals surface area (Å²) >= 11 is 0. The Bertz CT molecular complexity index is 300. The lowest BCUT2D eigenvalue weighted by Gasteiger charge is -2.36. The standard InChI is InChI=1S/C14H26N2O2/c1-10(2)6-5-7-16-12(8-11(3)4)14(18)15-9-13(16)17/h10-12H,5-9H2,1-4H3,(H,15,18). The van der Waals surface area contributed by atoms with Gasteiger partial charge in [-0.15, -0.1) is 0 Å². The van der Waals surface area contributed by atoms with Crippen molar-refractivity contribution in [3.05, 3.63) is 0 Å². The van der Waals surface area contributed by atoms with E-state index in [9.17, 15) is 9.59 Å². The molecular formula is C14H26N2O2. The summed E-state index contributed by atoms with van der Waals surface area (Å²) in [6.45, 7) is 9.39. The minimum absolute atomic E-state index is 0.00727. The van der Waals surface area contributed by atoms with E-state index in [1.807, 2.05) is 0 Å². The first-order valence-corrected chi connectivity index (χ1v) is 6.99. The van der Waals surface area contributed by atoms with E-state index in [4.69, 9.17) is 0 Å². The summed E-state index contributed by atoms with van der Waals surface area (Å²) in [5.41, 5.74) is 0. The van der Waals surface area contributed by atoms with Gasteiger partial charge in [0.15, 0.2) is 0 Å². The highest BCUT2D eigenvalue weighted by atomic mass is 16.2. The summed E-state index contributed by atoms with van der Waals surface area (Å²) in [5.74, 6) is 1.12. The Morgan fingerprint density at radius 1 is 1.22 bits per heavy atom. The second-order valence-corrected chi connectivity index (χ2v) is 5.99. The Morgan fingerprint density at radius 2 is 1.89 bits per heavy atom. The minimum Gasteiger partial charge on any atom is -0.345 e. The first-order valence-electron chi connectivity index (χ1n) is 6.99. The normalized spacial score (nSPS) is 20.8. The van der Waals surface area contributed by atoms with Crippen LogP contribution in [0, 0.1) is 11.8 Å². The van der Waals surface area contributed by atoms with Crippen LogP contribution in [0.4, 0.5) is 0 Å². The van der Waals surface area contributed by atoms with Crippen LogP contribution in [-0.4, -0.2) is 35.8 Å². The highest BCUT2D eigenvalue weighted by Crippen LogP contribution is 2.16. The Balaban J connectivity index is 2.61. The summed E-state index contributed by atoms with van der Waals surface area (Å²) in [5, 5.41) is 2.69. The van der Waals surface area contributed by atoms with Gasteiger partial charge in [-0.25, -0.2) is 0 Å². The Morgan fingerprint density at radius 3 is 2.44 bits per heavy atom. The van der Waals surface area contributed by atoms with Crippen LogP contribution in [0.25, 0.3) is 0 Å². The molecule has 1 N–H and O–H groups in total. The van der Waals surface area contributed by atoms with Gasteiger partial charge < -0.3 is 10.2 Å². The molecule has 4 heteroatoms. The molecule has 0 aliphatic carbocycles. The average molecular weight is 254 g/mol.